The van der Waals surface area contributed by atoms with Crippen molar-refractivity contribution < 1.29 is 18.8 Å². The highest BCUT2D eigenvalue weighted by Crippen LogP contribution is 2.35. The Bertz CT molecular complexity index is 779. The highest BCUT2D eigenvalue weighted by atomic mass is 16.7. The fourth-order valence-electron chi connectivity index (χ4n) is 3.06. The largest absolute Gasteiger partial charge is 0.454 e. The highest BCUT2D eigenvalue weighted by molar-refractivity contribution is 5.91. The van der Waals surface area contributed by atoms with Crippen LogP contribution in [0.1, 0.15) is 48.5 Å². The Morgan fingerprint density at radius 1 is 1.24 bits per heavy atom. The molecule has 1 saturated carbocycles. The lowest BCUT2D eigenvalue weighted by molar-refractivity contribution is 0.0687. The van der Waals surface area contributed by atoms with Crippen molar-refractivity contribution in [2.24, 2.45) is 5.92 Å². The summed E-state index contributed by atoms with van der Waals surface area (Å²) in [5.74, 6) is 2.19. The first kappa shape index (κ1) is 16.0. The average Bonchev–Trinajstić information content (AvgIpc) is 3.13. The zero-order chi connectivity index (χ0) is 17.4. The van der Waals surface area contributed by atoms with E-state index in [1.807, 2.05) is 23.1 Å². The Kier molecular flexibility index (Phi) is 4.11. The molecule has 0 saturated heterocycles. The molecular formula is C19H22N2O4. The van der Waals surface area contributed by atoms with E-state index in [9.17, 15) is 4.79 Å². The van der Waals surface area contributed by atoms with Crippen molar-refractivity contribution in [3.8, 4) is 11.5 Å². The molecule has 4 rings (SSSR count). The van der Waals surface area contributed by atoms with Crippen molar-refractivity contribution in [2.45, 2.75) is 45.7 Å². The Balaban J connectivity index is 1.51. The van der Waals surface area contributed by atoms with Gasteiger partial charge in [-0.2, -0.15) is 0 Å². The van der Waals surface area contributed by atoms with Gasteiger partial charge in [0.05, 0.1) is 5.69 Å². The summed E-state index contributed by atoms with van der Waals surface area (Å²) in [6.45, 7) is 5.01. The summed E-state index contributed by atoms with van der Waals surface area (Å²) in [5, 5.41) is 4.03. The number of hydrogen-bond donors (Lipinski definition) is 0. The summed E-state index contributed by atoms with van der Waals surface area (Å²) in [6, 6.07) is 7.85. The molecule has 2 aromatic rings. The predicted octanol–water partition coefficient (Wildman–Crippen LogP) is 3.41. The summed E-state index contributed by atoms with van der Waals surface area (Å²) < 4.78 is 16.1. The standard InChI is InChI=1S/C19H22N2O4/c1-12(2)7-14-9-18(25-20-14)19(22)21(15-4-5-15)10-13-3-6-16-17(8-13)24-11-23-16/h3,6,8-9,12,15H,4-5,7,10-11H2,1-2H3. The number of ether oxygens (including phenoxy) is 2. The molecule has 6 heteroatoms. The number of amides is 1. The lowest BCUT2D eigenvalue weighted by Gasteiger charge is -2.21. The van der Waals surface area contributed by atoms with Crippen molar-refractivity contribution in [3.05, 3.63) is 41.3 Å². The van der Waals surface area contributed by atoms with Crippen molar-refractivity contribution in [1.29, 1.82) is 0 Å². The average molecular weight is 342 g/mol. The van der Waals surface area contributed by atoms with Crippen LogP contribution >= 0.6 is 0 Å². The van der Waals surface area contributed by atoms with Gasteiger partial charge in [0.1, 0.15) is 0 Å². The van der Waals surface area contributed by atoms with E-state index in [2.05, 4.69) is 19.0 Å². The van der Waals surface area contributed by atoms with Crippen LogP contribution in [0.2, 0.25) is 0 Å². The van der Waals surface area contributed by atoms with E-state index in [-0.39, 0.29) is 18.7 Å². The number of nitrogens with zero attached hydrogens (tertiary/aromatic N) is 2. The van der Waals surface area contributed by atoms with Gasteiger partial charge >= 0.3 is 0 Å². The van der Waals surface area contributed by atoms with E-state index in [4.69, 9.17) is 14.0 Å². The minimum atomic E-state index is -0.0947. The van der Waals surface area contributed by atoms with Gasteiger partial charge in [-0.25, -0.2) is 0 Å². The SMILES string of the molecule is CC(C)Cc1cc(C(=O)N(Cc2ccc3c(c2)OCO3)C2CC2)on1. The summed E-state index contributed by atoms with van der Waals surface area (Å²) in [6.07, 6.45) is 2.87. The maximum atomic E-state index is 12.9. The van der Waals surface area contributed by atoms with Gasteiger partial charge in [0.25, 0.3) is 5.91 Å². The van der Waals surface area contributed by atoms with E-state index >= 15 is 0 Å². The van der Waals surface area contributed by atoms with Gasteiger partial charge in [-0.15, -0.1) is 0 Å². The van der Waals surface area contributed by atoms with E-state index in [0.717, 1.165) is 42.0 Å². The van der Waals surface area contributed by atoms with Crippen LogP contribution in [0.15, 0.2) is 28.8 Å². The number of rotatable bonds is 6. The van der Waals surface area contributed by atoms with Gasteiger partial charge < -0.3 is 18.9 Å². The zero-order valence-corrected chi connectivity index (χ0v) is 14.5. The Morgan fingerprint density at radius 3 is 2.80 bits per heavy atom. The summed E-state index contributed by atoms with van der Waals surface area (Å²) >= 11 is 0. The molecule has 25 heavy (non-hydrogen) atoms. The van der Waals surface area contributed by atoms with Crippen molar-refractivity contribution in [1.82, 2.24) is 10.1 Å². The minimum Gasteiger partial charge on any atom is -0.454 e. The summed E-state index contributed by atoms with van der Waals surface area (Å²) in [7, 11) is 0. The maximum absolute atomic E-state index is 12.9. The van der Waals surface area contributed by atoms with Gasteiger partial charge in [0, 0.05) is 18.7 Å². The van der Waals surface area contributed by atoms with Crippen molar-refractivity contribution >= 4 is 5.91 Å². The van der Waals surface area contributed by atoms with Crippen LogP contribution < -0.4 is 9.47 Å². The van der Waals surface area contributed by atoms with Crippen molar-refractivity contribution in [2.75, 3.05) is 6.79 Å². The van der Waals surface area contributed by atoms with Crippen LogP contribution in [-0.4, -0.2) is 28.8 Å². The smallest absolute Gasteiger partial charge is 0.293 e. The van der Waals surface area contributed by atoms with Crippen LogP contribution in [0.4, 0.5) is 0 Å². The molecule has 2 aliphatic rings. The molecule has 0 atom stereocenters. The van der Waals surface area contributed by atoms with Crippen LogP contribution in [0.3, 0.4) is 0 Å². The maximum Gasteiger partial charge on any atom is 0.293 e. The molecule has 0 bridgehead atoms. The highest BCUT2D eigenvalue weighted by Gasteiger charge is 2.35. The number of fused-ring (bicyclic) bond motifs is 1. The number of hydrogen-bond acceptors (Lipinski definition) is 5. The van der Waals surface area contributed by atoms with Crippen LogP contribution in [0.25, 0.3) is 0 Å². The number of carbonyl (C=O) groups excluding carboxylic acids is 1. The first-order valence-electron chi connectivity index (χ1n) is 8.75. The predicted molar refractivity (Wildman–Crippen MR) is 90.5 cm³/mol. The lowest BCUT2D eigenvalue weighted by atomic mass is 10.1. The Morgan fingerprint density at radius 2 is 2.04 bits per heavy atom. The van der Waals surface area contributed by atoms with Gasteiger partial charge in [-0.05, 0) is 42.9 Å². The topological polar surface area (TPSA) is 64.8 Å². The third-order valence-electron chi connectivity index (χ3n) is 4.43. The normalized spacial score (nSPS) is 15.6. The molecule has 6 nitrogen and oxygen atoms in total. The Labute approximate surface area is 146 Å². The van der Waals surface area contributed by atoms with Crippen LogP contribution in [0.5, 0.6) is 11.5 Å². The van der Waals surface area contributed by atoms with E-state index in [1.165, 1.54) is 0 Å². The van der Waals surface area contributed by atoms with E-state index < -0.39 is 0 Å². The third kappa shape index (κ3) is 3.48. The van der Waals surface area contributed by atoms with Gasteiger partial charge in [0.2, 0.25) is 12.6 Å². The van der Waals surface area contributed by atoms with Crippen molar-refractivity contribution in [3.63, 3.8) is 0 Å². The molecule has 1 aliphatic carbocycles. The third-order valence-corrected chi connectivity index (χ3v) is 4.43. The second-order valence-corrected chi connectivity index (χ2v) is 7.13. The summed E-state index contributed by atoms with van der Waals surface area (Å²) in [4.78, 5) is 14.8. The second-order valence-electron chi connectivity index (χ2n) is 7.13. The fourth-order valence-corrected chi connectivity index (χ4v) is 3.06. The van der Waals surface area contributed by atoms with Crippen LogP contribution in [0, 0.1) is 5.92 Å². The molecule has 0 N–H and O–H groups in total. The molecule has 1 amide bonds. The monoisotopic (exact) mass is 342 g/mol. The first-order valence-corrected chi connectivity index (χ1v) is 8.75. The first-order chi connectivity index (χ1) is 12.1. The summed E-state index contributed by atoms with van der Waals surface area (Å²) in [5.41, 5.74) is 1.85. The molecule has 1 aliphatic heterocycles. The lowest BCUT2D eigenvalue weighted by Crippen LogP contribution is -2.32. The van der Waals surface area contributed by atoms with Crippen LogP contribution in [-0.2, 0) is 13.0 Å². The molecule has 0 radical (unpaired) electrons. The van der Waals surface area contributed by atoms with Gasteiger partial charge in [0.15, 0.2) is 11.5 Å². The molecule has 132 valence electrons. The molecule has 1 aromatic carbocycles. The van der Waals surface area contributed by atoms with Gasteiger partial charge in [-0.3, -0.25) is 4.79 Å². The zero-order valence-electron chi connectivity index (χ0n) is 14.5. The number of aromatic nitrogens is 1. The molecular weight excluding hydrogens is 320 g/mol. The van der Waals surface area contributed by atoms with E-state index in [1.54, 1.807) is 6.07 Å². The van der Waals surface area contributed by atoms with E-state index in [0.29, 0.717) is 18.2 Å². The minimum absolute atomic E-state index is 0.0947. The number of benzene rings is 1. The molecule has 2 heterocycles. The van der Waals surface area contributed by atoms with Gasteiger partial charge in [-0.1, -0.05) is 25.1 Å². The molecule has 1 fully saturated rings. The molecule has 1 aromatic heterocycles. The second kappa shape index (κ2) is 6.43. The quantitative estimate of drug-likeness (QED) is 0.805. The fraction of sp³-hybridized carbons (Fsp3) is 0.474. The molecule has 0 spiro atoms. The number of carbonyl (C=O) groups is 1. The molecule has 0 unspecified atom stereocenters. The Hall–Kier alpha value is -2.50.